The van der Waals surface area contributed by atoms with Crippen molar-refractivity contribution in [2.75, 3.05) is 7.11 Å². The molecule has 5 nitrogen and oxygen atoms in total. The van der Waals surface area contributed by atoms with Crippen molar-refractivity contribution < 1.29 is 27.8 Å². The van der Waals surface area contributed by atoms with Gasteiger partial charge in [-0.05, 0) is 48.0 Å². The number of alkyl halides is 2. The van der Waals surface area contributed by atoms with Crippen molar-refractivity contribution in [3.05, 3.63) is 65.4 Å². The largest absolute Gasteiger partial charge is 0.497 e. The number of cyclic esters (lactones) is 1. The Kier molecular flexibility index (Phi) is 4.74. The summed E-state index contributed by atoms with van der Waals surface area (Å²) >= 11 is 0. The summed E-state index contributed by atoms with van der Waals surface area (Å²) in [6.45, 7) is -2.90. The van der Waals surface area contributed by atoms with E-state index in [1.54, 1.807) is 37.5 Å². The fraction of sp³-hybridized carbons (Fsp3) is 0.111. The number of hydrogen-bond donors (Lipinski definition) is 0. The molecule has 0 saturated heterocycles. The number of benzene rings is 2. The zero-order valence-electron chi connectivity index (χ0n) is 13.1. The van der Waals surface area contributed by atoms with Crippen LogP contribution >= 0.6 is 0 Å². The van der Waals surface area contributed by atoms with E-state index in [2.05, 4.69) is 9.73 Å². The predicted molar refractivity (Wildman–Crippen MR) is 86.7 cm³/mol. The number of ether oxygens (including phenoxy) is 3. The Balaban J connectivity index is 1.80. The Labute approximate surface area is 142 Å². The molecule has 1 aliphatic rings. The van der Waals surface area contributed by atoms with E-state index >= 15 is 0 Å². The Bertz CT molecular complexity index is 827. The second kappa shape index (κ2) is 7.12. The maximum Gasteiger partial charge on any atom is 0.387 e. The molecule has 0 aliphatic carbocycles. The lowest BCUT2D eigenvalue weighted by atomic mass is 10.2. The first-order valence-corrected chi connectivity index (χ1v) is 7.27. The van der Waals surface area contributed by atoms with Crippen LogP contribution in [0, 0.1) is 0 Å². The molecule has 1 aliphatic heterocycles. The molecule has 0 atom stereocenters. The quantitative estimate of drug-likeness (QED) is 0.613. The monoisotopic (exact) mass is 345 g/mol. The van der Waals surface area contributed by atoms with E-state index in [0.29, 0.717) is 11.3 Å². The highest BCUT2D eigenvalue weighted by molar-refractivity contribution is 6.12. The first kappa shape index (κ1) is 16.6. The zero-order chi connectivity index (χ0) is 17.8. The lowest BCUT2D eigenvalue weighted by Crippen LogP contribution is -2.06. The number of rotatable bonds is 5. The molecule has 3 rings (SSSR count). The van der Waals surface area contributed by atoms with Gasteiger partial charge < -0.3 is 14.2 Å². The minimum Gasteiger partial charge on any atom is -0.497 e. The van der Waals surface area contributed by atoms with E-state index < -0.39 is 12.6 Å². The molecule has 0 spiro atoms. The van der Waals surface area contributed by atoms with E-state index in [-0.39, 0.29) is 17.3 Å². The van der Waals surface area contributed by atoms with Crippen molar-refractivity contribution in [2.45, 2.75) is 6.61 Å². The van der Waals surface area contributed by atoms with Crippen LogP contribution in [0.4, 0.5) is 8.78 Å². The van der Waals surface area contributed by atoms with Gasteiger partial charge in [0.2, 0.25) is 5.90 Å². The van der Waals surface area contributed by atoms with Gasteiger partial charge in [0.05, 0.1) is 7.11 Å². The first-order valence-electron chi connectivity index (χ1n) is 7.27. The summed E-state index contributed by atoms with van der Waals surface area (Å²) in [5.41, 5.74) is 1.39. The molecule has 0 fully saturated rings. The van der Waals surface area contributed by atoms with E-state index in [4.69, 9.17) is 9.47 Å². The molecule has 0 saturated carbocycles. The molecular weight excluding hydrogens is 332 g/mol. The normalized spacial score (nSPS) is 15.3. The van der Waals surface area contributed by atoms with Crippen molar-refractivity contribution in [3.8, 4) is 11.5 Å². The second-order valence-electron chi connectivity index (χ2n) is 5.01. The number of carbonyl (C=O) groups excluding carboxylic acids is 1. The average molecular weight is 345 g/mol. The van der Waals surface area contributed by atoms with Crippen LogP contribution in [-0.4, -0.2) is 25.6 Å². The molecular formula is C18H13F2NO4. The Hall–Kier alpha value is -3.22. The Morgan fingerprint density at radius 2 is 1.68 bits per heavy atom. The van der Waals surface area contributed by atoms with Gasteiger partial charge in [-0.25, -0.2) is 9.79 Å². The van der Waals surface area contributed by atoms with Gasteiger partial charge >= 0.3 is 12.6 Å². The molecule has 0 amide bonds. The van der Waals surface area contributed by atoms with Gasteiger partial charge in [-0.1, -0.05) is 12.1 Å². The zero-order valence-corrected chi connectivity index (χ0v) is 13.1. The summed E-state index contributed by atoms with van der Waals surface area (Å²) in [5, 5.41) is 0. The number of aliphatic imine (C=N–C) groups is 1. The Morgan fingerprint density at radius 3 is 2.28 bits per heavy atom. The van der Waals surface area contributed by atoms with Gasteiger partial charge in [-0.2, -0.15) is 8.78 Å². The van der Waals surface area contributed by atoms with Crippen molar-refractivity contribution in [3.63, 3.8) is 0 Å². The van der Waals surface area contributed by atoms with Crippen LogP contribution in [0.1, 0.15) is 11.1 Å². The minimum atomic E-state index is -2.90. The fourth-order valence-corrected chi connectivity index (χ4v) is 2.17. The lowest BCUT2D eigenvalue weighted by Gasteiger charge is -2.04. The number of methoxy groups -OCH3 is 1. The number of halogens is 2. The summed E-state index contributed by atoms with van der Waals surface area (Å²) < 4.78 is 38.8. The minimum absolute atomic E-state index is 0.0117. The second-order valence-corrected chi connectivity index (χ2v) is 5.01. The molecule has 0 aromatic heterocycles. The molecule has 2 aromatic rings. The van der Waals surface area contributed by atoms with Crippen LogP contribution < -0.4 is 9.47 Å². The lowest BCUT2D eigenvalue weighted by molar-refractivity contribution is -0.129. The topological polar surface area (TPSA) is 57.1 Å². The number of carbonyl (C=O) groups is 1. The smallest absolute Gasteiger partial charge is 0.387 e. The highest BCUT2D eigenvalue weighted by Gasteiger charge is 2.24. The average Bonchev–Trinajstić information content (AvgIpc) is 2.96. The van der Waals surface area contributed by atoms with Crippen molar-refractivity contribution in [1.82, 2.24) is 0 Å². The maximum atomic E-state index is 12.1. The SMILES string of the molecule is COc1ccc(C=C2N=C(c3ccc(OC(F)F)cc3)OC2=O)cc1. The molecule has 0 bridgehead atoms. The van der Waals surface area contributed by atoms with E-state index in [9.17, 15) is 13.6 Å². The van der Waals surface area contributed by atoms with Crippen LogP contribution in [-0.2, 0) is 9.53 Å². The summed E-state index contributed by atoms with van der Waals surface area (Å²) in [6.07, 6.45) is 1.59. The van der Waals surface area contributed by atoms with Gasteiger partial charge in [0.1, 0.15) is 11.5 Å². The van der Waals surface area contributed by atoms with Crippen molar-refractivity contribution in [2.24, 2.45) is 4.99 Å². The fourth-order valence-electron chi connectivity index (χ4n) is 2.17. The highest BCUT2D eigenvalue weighted by atomic mass is 19.3. The number of nitrogens with zero attached hydrogens (tertiary/aromatic N) is 1. The van der Waals surface area contributed by atoms with Gasteiger partial charge in [0.25, 0.3) is 0 Å². The maximum absolute atomic E-state index is 12.1. The third-order valence-corrected chi connectivity index (χ3v) is 3.37. The number of hydrogen-bond acceptors (Lipinski definition) is 5. The molecule has 25 heavy (non-hydrogen) atoms. The van der Waals surface area contributed by atoms with Gasteiger partial charge in [-0.3, -0.25) is 0 Å². The molecule has 2 aromatic carbocycles. The molecule has 0 radical (unpaired) electrons. The highest BCUT2D eigenvalue weighted by Crippen LogP contribution is 2.22. The molecule has 7 heteroatoms. The van der Waals surface area contributed by atoms with E-state index in [0.717, 1.165) is 5.56 Å². The summed E-state index contributed by atoms with van der Waals surface area (Å²) in [4.78, 5) is 16.1. The molecule has 1 heterocycles. The van der Waals surface area contributed by atoms with Crippen molar-refractivity contribution in [1.29, 1.82) is 0 Å². The number of esters is 1. The standard InChI is InChI=1S/C18H13F2NO4/c1-23-13-6-2-11(3-7-13)10-15-17(22)25-16(21-15)12-4-8-14(9-5-12)24-18(19)20/h2-10,18H,1H3. The van der Waals surface area contributed by atoms with Crippen LogP contribution in [0.5, 0.6) is 11.5 Å². The summed E-state index contributed by atoms with van der Waals surface area (Å²) in [7, 11) is 1.57. The third kappa shape index (κ3) is 4.00. The van der Waals surface area contributed by atoms with Crippen LogP contribution in [0.15, 0.2) is 59.2 Å². The van der Waals surface area contributed by atoms with Gasteiger partial charge in [0.15, 0.2) is 5.70 Å². The van der Waals surface area contributed by atoms with Crippen LogP contribution in [0.2, 0.25) is 0 Å². The van der Waals surface area contributed by atoms with Gasteiger partial charge in [0, 0.05) is 5.56 Å². The molecule has 128 valence electrons. The third-order valence-electron chi connectivity index (χ3n) is 3.37. The van der Waals surface area contributed by atoms with E-state index in [1.807, 2.05) is 0 Å². The van der Waals surface area contributed by atoms with Crippen molar-refractivity contribution >= 4 is 17.9 Å². The van der Waals surface area contributed by atoms with Crippen LogP contribution in [0.25, 0.3) is 6.08 Å². The molecule has 0 N–H and O–H groups in total. The predicted octanol–water partition coefficient (Wildman–Crippen LogP) is 3.64. The van der Waals surface area contributed by atoms with E-state index in [1.165, 1.54) is 24.3 Å². The first-order chi connectivity index (χ1) is 12.0. The van der Waals surface area contributed by atoms with Gasteiger partial charge in [-0.15, -0.1) is 0 Å². The summed E-state index contributed by atoms with van der Waals surface area (Å²) in [5.74, 6) is 0.233. The van der Waals surface area contributed by atoms with Crippen LogP contribution in [0.3, 0.4) is 0 Å². The summed E-state index contributed by atoms with van der Waals surface area (Å²) in [6, 6.07) is 12.8. The Morgan fingerprint density at radius 1 is 1.04 bits per heavy atom. The molecule has 0 unspecified atom stereocenters.